The van der Waals surface area contributed by atoms with E-state index in [4.69, 9.17) is 5.73 Å². The van der Waals surface area contributed by atoms with Crippen LogP contribution in [0.2, 0.25) is 0 Å². The molecule has 5 aromatic carbocycles. The predicted molar refractivity (Wildman–Crippen MR) is 164 cm³/mol. The van der Waals surface area contributed by atoms with Crippen molar-refractivity contribution in [1.82, 2.24) is 0 Å². The van der Waals surface area contributed by atoms with Crippen LogP contribution in [-0.2, 0) is 0 Å². The van der Waals surface area contributed by atoms with Crippen molar-refractivity contribution in [3.63, 3.8) is 0 Å². The van der Waals surface area contributed by atoms with E-state index in [0.717, 1.165) is 22.3 Å². The molecule has 0 bridgehead atoms. The second-order valence-electron chi connectivity index (χ2n) is 9.15. The molecule has 0 unspecified atom stereocenters. The molecule has 0 heterocycles. The zero-order chi connectivity index (χ0) is 28.4. The van der Waals surface area contributed by atoms with Gasteiger partial charge in [-0.25, -0.2) is 0 Å². The molecule has 2 amide bonds. The van der Waals surface area contributed by atoms with Gasteiger partial charge in [-0.1, -0.05) is 72.2 Å². The highest BCUT2D eigenvalue weighted by atomic mass is 16.2. The molecule has 41 heavy (non-hydrogen) atoms. The number of rotatable bonds is 4. The van der Waals surface area contributed by atoms with Gasteiger partial charge < -0.3 is 16.4 Å². The van der Waals surface area contributed by atoms with Gasteiger partial charge in [0.25, 0.3) is 11.8 Å². The number of benzene rings is 5. The van der Waals surface area contributed by atoms with Crippen molar-refractivity contribution in [1.29, 1.82) is 0 Å². The van der Waals surface area contributed by atoms with Crippen molar-refractivity contribution in [2.24, 2.45) is 0 Å². The highest BCUT2D eigenvalue weighted by Gasteiger charge is 2.13. The van der Waals surface area contributed by atoms with Gasteiger partial charge in [-0.3, -0.25) is 9.59 Å². The summed E-state index contributed by atoms with van der Waals surface area (Å²) in [6.07, 6.45) is 0. The largest absolute Gasteiger partial charge is 0.399 e. The molecule has 0 atom stereocenters. The molecule has 0 aliphatic heterocycles. The van der Waals surface area contributed by atoms with Gasteiger partial charge >= 0.3 is 0 Å². The third kappa shape index (κ3) is 7.51. The lowest BCUT2D eigenvalue weighted by molar-refractivity contribution is 0.102. The van der Waals surface area contributed by atoms with E-state index < -0.39 is 11.8 Å². The maximum atomic E-state index is 13.1. The first-order chi connectivity index (χ1) is 20.0. The average Bonchev–Trinajstić information content (AvgIpc) is 3.00. The number of nitrogens with one attached hydrogen (secondary N) is 2. The van der Waals surface area contributed by atoms with Gasteiger partial charge in [-0.2, -0.15) is 0 Å². The Balaban J connectivity index is 1.28. The molecule has 5 aromatic rings. The lowest BCUT2D eigenvalue weighted by Gasteiger charge is -2.10. The van der Waals surface area contributed by atoms with Crippen LogP contribution >= 0.6 is 0 Å². The van der Waals surface area contributed by atoms with Crippen LogP contribution in [0.15, 0.2) is 127 Å². The molecule has 0 saturated carbocycles. The third-order valence-corrected chi connectivity index (χ3v) is 5.97. The molecule has 0 spiro atoms. The fraction of sp³-hybridized carbons (Fsp3) is 0. The maximum absolute atomic E-state index is 13.1. The summed E-state index contributed by atoms with van der Waals surface area (Å²) in [7, 11) is 0. The first-order valence-corrected chi connectivity index (χ1v) is 12.9. The molecule has 196 valence electrons. The van der Waals surface area contributed by atoms with Crippen LogP contribution in [0.4, 0.5) is 17.1 Å². The molecular formula is C36H25N3O2. The van der Waals surface area contributed by atoms with E-state index in [1.807, 2.05) is 84.9 Å². The van der Waals surface area contributed by atoms with Crippen molar-refractivity contribution in [3.05, 3.63) is 161 Å². The Hall–Kier alpha value is -6.04. The first kappa shape index (κ1) is 26.6. The van der Waals surface area contributed by atoms with Crippen LogP contribution in [0.25, 0.3) is 0 Å². The van der Waals surface area contributed by atoms with Gasteiger partial charge in [0, 0.05) is 50.4 Å². The van der Waals surface area contributed by atoms with E-state index in [2.05, 4.69) is 34.3 Å². The van der Waals surface area contributed by atoms with E-state index in [1.54, 1.807) is 24.3 Å². The quantitative estimate of drug-likeness (QED) is 0.181. The lowest BCUT2D eigenvalue weighted by Crippen LogP contribution is -2.16. The van der Waals surface area contributed by atoms with Crippen LogP contribution in [0.5, 0.6) is 0 Å². The van der Waals surface area contributed by atoms with E-state index in [1.165, 1.54) is 18.2 Å². The Bertz CT molecular complexity index is 1710. The fourth-order valence-corrected chi connectivity index (χ4v) is 4.00. The highest BCUT2D eigenvalue weighted by Crippen LogP contribution is 2.18. The smallest absolute Gasteiger partial charge is 0.255 e. The summed E-state index contributed by atoms with van der Waals surface area (Å²) in [6, 6.07) is 38.4. The van der Waals surface area contributed by atoms with Crippen LogP contribution in [0.1, 0.15) is 43.0 Å². The van der Waals surface area contributed by atoms with Crippen molar-refractivity contribution < 1.29 is 9.59 Å². The van der Waals surface area contributed by atoms with Gasteiger partial charge in [0.15, 0.2) is 0 Å². The standard InChI is InChI=1S/C36H25N3O2/c37-32-24-30(35(40)38-33-15-7-13-28(21-33)19-17-26-9-3-1-4-10-26)23-31(25-32)36(41)39-34-16-8-14-29(22-34)20-18-27-11-5-2-6-12-27/h1-16,21-25H,37H2,(H,38,40)(H,39,41). The summed E-state index contributed by atoms with van der Waals surface area (Å²) in [5, 5.41) is 5.73. The van der Waals surface area contributed by atoms with E-state index >= 15 is 0 Å². The number of amides is 2. The second kappa shape index (κ2) is 12.7. The molecule has 0 radical (unpaired) electrons. The van der Waals surface area contributed by atoms with Crippen LogP contribution in [0.3, 0.4) is 0 Å². The van der Waals surface area contributed by atoms with Crippen molar-refractivity contribution >= 4 is 28.9 Å². The van der Waals surface area contributed by atoms with Gasteiger partial charge in [0.2, 0.25) is 0 Å². The molecule has 0 fully saturated rings. The zero-order valence-electron chi connectivity index (χ0n) is 22.0. The van der Waals surface area contributed by atoms with Gasteiger partial charge in [-0.05, 0) is 78.9 Å². The number of nitrogens with two attached hydrogens (primary N) is 1. The molecular weight excluding hydrogens is 506 g/mol. The zero-order valence-corrected chi connectivity index (χ0v) is 22.0. The maximum Gasteiger partial charge on any atom is 0.255 e. The SMILES string of the molecule is Nc1cc(C(=O)Nc2cccc(C#Cc3ccccc3)c2)cc(C(=O)Nc2cccc(C#Cc3ccccc3)c2)c1. The minimum Gasteiger partial charge on any atom is -0.399 e. The minimum atomic E-state index is -0.391. The van der Waals surface area contributed by atoms with Gasteiger partial charge in [0.1, 0.15) is 0 Å². The van der Waals surface area contributed by atoms with Crippen molar-refractivity contribution in [2.45, 2.75) is 0 Å². The first-order valence-electron chi connectivity index (χ1n) is 12.9. The summed E-state index contributed by atoms with van der Waals surface area (Å²) < 4.78 is 0. The molecule has 5 heteroatoms. The molecule has 5 nitrogen and oxygen atoms in total. The van der Waals surface area contributed by atoms with E-state index in [-0.39, 0.29) is 11.1 Å². The van der Waals surface area contributed by atoms with Gasteiger partial charge in [0.05, 0.1) is 0 Å². The molecule has 0 aliphatic rings. The third-order valence-electron chi connectivity index (χ3n) is 5.97. The normalized spacial score (nSPS) is 9.85. The minimum absolute atomic E-state index is 0.262. The fourth-order valence-electron chi connectivity index (χ4n) is 4.00. The Morgan fingerprint density at radius 2 is 0.854 bits per heavy atom. The number of carbonyl (C=O) groups is 2. The van der Waals surface area contributed by atoms with Crippen molar-refractivity contribution in [3.8, 4) is 23.7 Å². The summed E-state index contributed by atoms with van der Waals surface area (Å²) in [6.45, 7) is 0. The summed E-state index contributed by atoms with van der Waals surface area (Å²) in [5.41, 5.74) is 11.4. The summed E-state index contributed by atoms with van der Waals surface area (Å²) in [4.78, 5) is 26.1. The molecule has 0 aromatic heterocycles. The number of hydrogen-bond acceptors (Lipinski definition) is 3. The number of nitrogen functional groups attached to an aromatic ring is 1. The number of carbonyl (C=O) groups excluding carboxylic acids is 2. The Morgan fingerprint density at radius 1 is 0.463 bits per heavy atom. The molecule has 0 aliphatic carbocycles. The van der Waals surface area contributed by atoms with E-state index in [9.17, 15) is 9.59 Å². The molecule has 0 saturated heterocycles. The number of anilines is 3. The average molecular weight is 532 g/mol. The Labute approximate surface area is 239 Å². The van der Waals surface area contributed by atoms with Crippen LogP contribution in [0, 0.1) is 23.7 Å². The topological polar surface area (TPSA) is 84.2 Å². The predicted octanol–water partition coefficient (Wildman–Crippen LogP) is 6.57. The number of hydrogen-bond donors (Lipinski definition) is 3. The van der Waals surface area contributed by atoms with Crippen LogP contribution < -0.4 is 16.4 Å². The second-order valence-corrected chi connectivity index (χ2v) is 9.15. The Morgan fingerprint density at radius 3 is 1.29 bits per heavy atom. The summed E-state index contributed by atoms with van der Waals surface area (Å²) in [5.74, 6) is 11.6. The van der Waals surface area contributed by atoms with Crippen LogP contribution in [-0.4, -0.2) is 11.8 Å². The van der Waals surface area contributed by atoms with Crippen molar-refractivity contribution in [2.75, 3.05) is 16.4 Å². The lowest BCUT2D eigenvalue weighted by atomic mass is 10.1. The summed E-state index contributed by atoms with van der Waals surface area (Å²) >= 11 is 0. The molecule has 5 rings (SSSR count). The Kier molecular flexibility index (Phi) is 8.21. The monoisotopic (exact) mass is 531 g/mol. The highest BCUT2D eigenvalue weighted by molar-refractivity contribution is 6.09. The van der Waals surface area contributed by atoms with Gasteiger partial charge in [-0.15, -0.1) is 0 Å². The van der Waals surface area contributed by atoms with E-state index in [0.29, 0.717) is 17.1 Å². The molecule has 4 N–H and O–H groups in total.